The maximum Gasteiger partial charge on any atom is 0.326 e. The van der Waals surface area contributed by atoms with Crippen LogP contribution in [0.5, 0.6) is 5.75 Å². The predicted molar refractivity (Wildman–Crippen MR) is 139 cm³/mol. The molecule has 1 fully saturated rings. The molecule has 2 heterocycles. The minimum Gasteiger partial charge on any atom is -0.497 e. The highest BCUT2D eigenvalue weighted by Gasteiger charge is 2.46. The number of halogens is 1. The number of carbonyl (C=O) groups is 1. The Morgan fingerprint density at radius 2 is 1.80 bits per heavy atom. The number of benzene rings is 3. The van der Waals surface area contributed by atoms with E-state index in [0.29, 0.717) is 12.2 Å². The van der Waals surface area contributed by atoms with E-state index in [1.54, 1.807) is 24.1 Å². The number of anilines is 2. The van der Waals surface area contributed by atoms with E-state index in [4.69, 9.17) is 4.74 Å². The lowest BCUT2D eigenvalue weighted by molar-refractivity contribution is 0.180. The van der Waals surface area contributed by atoms with Crippen LogP contribution in [0.25, 0.3) is 6.08 Å². The number of likely N-dealkylation sites (tertiary alicyclic amines) is 1. The number of amides is 2. The molecule has 180 valence electrons. The summed E-state index contributed by atoms with van der Waals surface area (Å²) in [6.45, 7) is 3.25. The van der Waals surface area contributed by atoms with Crippen LogP contribution in [0, 0.1) is 5.82 Å². The van der Waals surface area contributed by atoms with Gasteiger partial charge in [0.25, 0.3) is 0 Å². The summed E-state index contributed by atoms with van der Waals surface area (Å²) in [6.07, 6.45) is 6.12. The SMILES string of the molecule is COc1ccc(NC(=O)N2CC3(CCN(CC=Cc4ccccc4)CC3)c3cc(F)ccc32)cc1. The van der Waals surface area contributed by atoms with Gasteiger partial charge in [-0.15, -0.1) is 0 Å². The van der Waals surface area contributed by atoms with Crippen molar-refractivity contribution in [2.24, 2.45) is 0 Å². The second-order valence-electron chi connectivity index (χ2n) is 9.30. The number of piperidine rings is 1. The number of carbonyl (C=O) groups excluding carboxylic acids is 1. The van der Waals surface area contributed by atoms with Gasteiger partial charge in [0.05, 0.1) is 7.11 Å². The normalized spacial score (nSPS) is 17.0. The van der Waals surface area contributed by atoms with E-state index in [-0.39, 0.29) is 17.3 Å². The Morgan fingerprint density at radius 1 is 1.06 bits per heavy atom. The van der Waals surface area contributed by atoms with Crippen molar-refractivity contribution < 1.29 is 13.9 Å². The molecule has 0 unspecified atom stereocenters. The van der Waals surface area contributed by atoms with Gasteiger partial charge >= 0.3 is 6.03 Å². The lowest BCUT2D eigenvalue weighted by Gasteiger charge is -2.39. The van der Waals surface area contributed by atoms with Crippen LogP contribution in [0.1, 0.15) is 24.0 Å². The summed E-state index contributed by atoms with van der Waals surface area (Å²) in [4.78, 5) is 17.4. The first-order valence-corrected chi connectivity index (χ1v) is 12.0. The van der Waals surface area contributed by atoms with Gasteiger partial charge in [-0.1, -0.05) is 42.5 Å². The fourth-order valence-corrected chi connectivity index (χ4v) is 5.18. The molecule has 0 aromatic heterocycles. The van der Waals surface area contributed by atoms with E-state index in [9.17, 15) is 9.18 Å². The monoisotopic (exact) mass is 471 g/mol. The molecule has 5 rings (SSSR count). The van der Waals surface area contributed by atoms with Crippen LogP contribution >= 0.6 is 0 Å². The van der Waals surface area contributed by atoms with E-state index in [2.05, 4.69) is 34.5 Å². The Kier molecular flexibility index (Phi) is 6.55. The second-order valence-corrected chi connectivity index (χ2v) is 9.30. The van der Waals surface area contributed by atoms with Crippen LogP contribution in [-0.4, -0.2) is 44.2 Å². The van der Waals surface area contributed by atoms with Crippen molar-refractivity contribution in [1.29, 1.82) is 0 Å². The van der Waals surface area contributed by atoms with Crippen LogP contribution < -0.4 is 15.0 Å². The van der Waals surface area contributed by atoms with Crippen molar-refractivity contribution in [3.8, 4) is 5.75 Å². The number of rotatable bonds is 5. The maximum atomic E-state index is 14.3. The zero-order valence-electron chi connectivity index (χ0n) is 19.9. The zero-order valence-corrected chi connectivity index (χ0v) is 19.9. The fraction of sp³-hybridized carbons (Fsp3) is 0.276. The highest BCUT2D eigenvalue weighted by Crippen LogP contribution is 2.47. The van der Waals surface area contributed by atoms with Crippen LogP contribution in [0.15, 0.2) is 78.9 Å². The van der Waals surface area contributed by atoms with Crippen molar-refractivity contribution in [2.75, 3.05) is 43.5 Å². The predicted octanol–water partition coefficient (Wildman–Crippen LogP) is 5.93. The van der Waals surface area contributed by atoms with Gasteiger partial charge in [0, 0.05) is 29.9 Å². The topological polar surface area (TPSA) is 44.8 Å². The third-order valence-electron chi connectivity index (χ3n) is 7.15. The summed E-state index contributed by atoms with van der Waals surface area (Å²) in [7, 11) is 1.61. The van der Waals surface area contributed by atoms with Gasteiger partial charge in [0.1, 0.15) is 11.6 Å². The van der Waals surface area contributed by atoms with Gasteiger partial charge in [-0.05, 0) is 79.5 Å². The smallest absolute Gasteiger partial charge is 0.326 e. The summed E-state index contributed by atoms with van der Waals surface area (Å²) in [5.74, 6) is 0.475. The molecule has 0 aliphatic carbocycles. The molecule has 5 nitrogen and oxygen atoms in total. The van der Waals surface area contributed by atoms with Crippen LogP contribution in [0.2, 0.25) is 0 Å². The van der Waals surface area contributed by atoms with Crippen molar-refractivity contribution in [1.82, 2.24) is 4.90 Å². The molecular weight excluding hydrogens is 441 g/mol. The number of ether oxygens (including phenoxy) is 1. The van der Waals surface area contributed by atoms with E-state index >= 15 is 0 Å². The van der Waals surface area contributed by atoms with Gasteiger partial charge in [-0.25, -0.2) is 9.18 Å². The Labute approximate surface area is 205 Å². The number of hydrogen-bond donors (Lipinski definition) is 1. The Balaban J connectivity index is 1.28. The zero-order chi connectivity index (χ0) is 24.3. The van der Waals surface area contributed by atoms with Gasteiger partial charge < -0.3 is 10.1 Å². The molecule has 1 saturated heterocycles. The van der Waals surface area contributed by atoms with Gasteiger partial charge in [0.2, 0.25) is 0 Å². The summed E-state index contributed by atoms with van der Waals surface area (Å²) in [5.41, 5.74) is 3.41. The number of fused-ring (bicyclic) bond motifs is 2. The molecule has 0 radical (unpaired) electrons. The van der Waals surface area contributed by atoms with Crippen LogP contribution in [0.4, 0.5) is 20.6 Å². The van der Waals surface area contributed by atoms with Crippen LogP contribution in [-0.2, 0) is 5.41 Å². The fourth-order valence-electron chi connectivity index (χ4n) is 5.18. The number of methoxy groups -OCH3 is 1. The highest BCUT2D eigenvalue weighted by molar-refractivity contribution is 6.03. The Bertz CT molecular complexity index is 1200. The molecule has 0 bridgehead atoms. The van der Waals surface area contributed by atoms with Crippen molar-refractivity contribution in [3.63, 3.8) is 0 Å². The number of nitrogens with one attached hydrogen (secondary N) is 1. The molecular formula is C29H30FN3O2. The molecule has 0 saturated carbocycles. The summed E-state index contributed by atoms with van der Waals surface area (Å²) >= 11 is 0. The maximum absolute atomic E-state index is 14.3. The summed E-state index contributed by atoms with van der Waals surface area (Å²) in [6, 6.07) is 22.1. The molecule has 3 aromatic rings. The lowest BCUT2D eigenvalue weighted by atomic mass is 9.74. The number of nitrogens with zero attached hydrogens (tertiary/aromatic N) is 2. The van der Waals surface area contributed by atoms with E-state index in [1.807, 2.05) is 42.5 Å². The van der Waals surface area contributed by atoms with Crippen LogP contribution in [0.3, 0.4) is 0 Å². The average Bonchev–Trinajstić information content (AvgIpc) is 3.19. The molecule has 0 atom stereocenters. The summed E-state index contributed by atoms with van der Waals surface area (Å²) < 4.78 is 19.5. The van der Waals surface area contributed by atoms with Crippen molar-refractivity contribution in [3.05, 3.63) is 95.8 Å². The van der Waals surface area contributed by atoms with E-state index in [0.717, 1.165) is 49.5 Å². The molecule has 1 N–H and O–H groups in total. The number of hydrogen-bond acceptors (Lipinski definition) is 3. The quantitative estimate of drug-likeness (QED) is 0.501. The molecule has 35 heavy (non-hydrogen) atoms. The largest absolute Gasteiger partial charge is 0.497 e. The standard InChI is InChI=1S/C29H30FN3O2/c1-35-25-12-10-24(11-13-25)31-28(34)33-21-29(26-20-23(30)9-14-27(26)33)15-18-32(19-16-29)17-5-8-22-6-3-2-4-7-22/h2-14,20H,15-19,21H2,1H3,(H,31,34). The molecule has 1 spiro atoms. The van der Waals surface area contributed by atoms with Gasteiger partial charge in [-0.2, -0.15) is 0 Å². The minimum absolute atomic E-state index is 0.201. The molecule has 6 heteroatoms. The molecule has 2 amide bonds. The lowest BCUT2D eigenvalue weighted by Crippen LogP contribution is -2.46. The Morgan fingerprint density at radius 3 is 2.51 bits per heavy atom. The Hall–Kier alpha value is -3.64. The first-order chi connectivity index (χ1) is 17.1. The van der Waals surface area contributed by atoms with Crippen molar-refractivity contribution in [2.45, 2.75) is 18.3 Å². The minimum atomic E-state index is -0.256. The molecule has 3 aromatic carbocycles. The van der Waals surface area contributed by atoms with Gasteiger partial charge in [-0.3, -0.25) is 9.80 Å². The van der Waals surface area contributed by atoms with Gasteiger partial charge in [0.15, 0.2) is 0 Å². The van der Waals surface area contributed by atoms with E-state index in [1.165, 1.54) is 11.6 Å². The average molecular weight is 472 g/mol. The first-order valence-electron chi connectivity index (χ1n) is 12.0. The number of urea groups is 1. The first kappa shape index (κ1) is 23.1. The van der Waals surface area contributed by atoms with Crippen molar-refractivity contribution >= 4 is 23.5 Å². The van der Waals surface area contributed by atoms with E-state index < -0.39 is 0 Å². The molecule has 2 aliphatic rings. The molecule has 2 aliphatic heterocycles. The highest BCUT2D eigenvalue weighted by atomic mass is 19.1. The third kappa shape index (κ3) is 4.93. The third-order valence-corrected chi connectivity index (χ3v) is 7.15. The second kappa shape index (κ2) is 9.92. The summed E-state index contributed by atoms with van der Waals surface area (Å²) in [5, 5.41) is 2.98.